The first kappa shape index (κ1) is 15.5. The van der Waals surface area contributed by atoms with Crippen LogP contribution in [0.2, 0.25) is 0 Å². The minimum absolute atomic E-state index is 0.0754. The third kappa shape index (κ3) is 3.70. The Kier molecular flexibility index (Phi) is 5.82. The van der Waals surface area contributed by atoms with Gasteiger partial charge in [-0.05, 0) is 13.3 Å². The van der Waals surface area contributed by atoms with Crippen LogP contribution < -0.4 is 10.6 Å². The summed E-state index contributed by atoms with van der Waals surface area (Å²) in [4.78, 5) is 20.8. The summed E-state index contributed by atoms with van der Waals surface area (Å²) in [6.07, 6.45) is 2.74. The molecule has 6 heteroatoms. The summed E-state index contributed by atoms with van der Waals surface area (Å²) in [7, 11) is 1.96. The van der Waals surface area contributed by atoms with E-state index in [-0.39, 0.29) is 5.91 Å². The van der Waals surface area contributed by atoms with Crippen molar-refractivity contribution in [3.63, 3.8) is 0 Å². The van der Waals surface area contributed by atoms with Crippen molar-refractivity contribution >= 4 is 28.2 Å². The van der Waals surface area contributed by atoms with Crippen LogP contribution in [0.5, 0.6) is 0 Å². The molecule has 0 bridgehead atoms. The lowest BCUT2D eigenvalue weighted by molar-refractivity contribution is 0.0787. The Hall–Kier alpha value is -1.56. The summed E-state index contributed by atoms with van der Waals surface area (Å²) in [6, 6.07) is 0. The molecule has 0 saturated carbocycles. The smallest absolute Gasteiger partial charge is 0.268 e. The van der Waals surface area contributed by atoms with Crippen LogP contribution in [0.15, 0.2) is 12.7 Å². The van der Waals surface area contributed by atoms with Gasteiger partial charge in [-0.15, -0.1) is 6.58 Å². The van der Waals surface area contributed by atoms with Crippen molar-refractivity contribution in [2.45, 2.75) is 20.3 Å². The molecule has 0 aliphatic rings. The number of nitrogen functional groups attached to an aromatic ring is 1. The highest BCUT2D eigenvalue weighted by Crippen LogP contribution is 2.28. The first-order valence-corrected chi connectivity index (χ1v) is 7.24. The van der Waals surface area contributed by atoms with Gasteiger partial charge in [-0.3, -0.25) is 4.79 Å². The Morgan fingerprint density at radius 2 is 2.21 bits per heavy atom. The number of aromatic nitrogens is 1. The van der Waals surface area contributed by atoms with Gasteiger partial charge in [-0.25, -0.2) is 4.98 Å². The van der Waals surface area contributed by atoms with E-state index in [9.17, 15) is 4.79 Å². The van der Waals surface area contributed by atoms with Gasteiger partial charge in [-0.2, -0.15) is 0 Å². The fourth-order valence-corrected chi connectivity index (χ4v) is 2.66. The van der Waals surface area contributed by atoms with Crippen molar-refractivity contribution < 1.29 is 4.79 Å². The van der Waals surface area contributed by atoms with Crippen molar-refractivity contribution in [3.8, 4) is 0 Å². The summed E-state index contributed by atoms with van der Waals surface area (Å²) in [5.74, 6) is 0.240. The molecule has 2 N–H and O–H groups in total. The van der Waals surface area contributed by atoms with Gasteiger partial charge < -0.3 is 15.5 Å². The molecule has 0 spiro atoms. The summed E-state index contributed by atoms with van der Waals surface area (Å²) < 4.78 is 0. The zero-order valence-corrected chi connectivity index (χ0v) is 12.7. The van der Waals surface area contributed by atoms with Crippen LogP contribution in [-0.2, 0) is 0 Å². The first-order chi connectivity index (χ1) is 9.04. The molecule has 0 saturated heterocycles. The molecule has 5 nitrogen and oxygen atoms in total. The first-order valence-electron chi connectivity index (χ1n) is 6.42. The van der Waals surface area contributed by atoms with Gasteiger partial charge in [0.15, 0.2) is 5.13 Å². The van der Waals surface area contributed by atoms with E-state index in [2.05, 4.69) is 18.5 Å². The van der Waals surface area contributed by atoms with Gasteiger partial charge in [0.1, 0.15) is 10.7 Å². The molecule has 1 aromatic rings. The van der Waals surface area contributed by atoms with Gasteiger partial charge in [0.2, 0.25) is 0 Å². The van der Waals surface area contributed by atoms with Crippen LogP contribution in [0.25, 0.3) is 0 Å². The molecule has 0 atom stereocenters. The minimum Gasteiger partial charge on any atom is -0.382 e. The third-order valence-corrected chi connectivity index (χ3v) is 3.91. The van der Waals surface area contributed by atoms with Crippen LogP contribution in [0.3, 0.4) is 0 Å². The van der Waals surface area contributed by atoms with Gasteiger partial charge in [-0.1, -0.05) is 24.3 Å². The third-order valence-electron chi connectivity index (χ3n) is 2.74. The molecular weight excluding hydrogens is 260 g/mol. The summed E-state index contributed by atoms with van der Waals surface area (Å²) in [5, 5.41) is 0.789. The highest BCUT2D eigenvalue weighted by atomic mass is 32.1. The zero-order valence-electron chi connectivity index (χ0n) is 11.8. The van der Waals surface area contributed by atoms with E-state index in [1.807, 2.05) is 18.9 Å². The SMILES string of the molecule is C=CCN(CC)C(=O)c1sc(N(C)CCC)nc1N. The second-order valence-corrected chi connectivity index (χ2v) is 5.24. The van der Waals surface area contributed by atoms with E-state index in [4.69, 9.17) is 5.73 Å². The Morgan fingerprint density at radius 3 is 2.74 bits per heavy atom. The normalized spacial score (nSPS) is 10.3. The zero-order chi connectivity index (χ0) is 14.4. The number of hydrogen-bond acceptors (Lipinski definition) is 5. The van der Waals surface area contributed by atoms with E-state index in [1.54, 1.807) is 11.0 Å². The van der Waals surface area contributed by atoms with Crippen molar-refractivity contribution in [3.05, 3.63) is 17.5 Å². The number of thiazole rings is 1. The number of hydrogen-bond donors (Lipinski definition) is 1. The number of amides is 1. The molecule has 19 heavy (non-hydrogen) atoms. The fourth-order valence-electron chi connectivity index (χ4n) is 1.72. The standard InChI is InChI=1S/C13H22N4OS/c1-5-8-16(4)13-15-11(14)10(19-13)12(18)17(7-3)9-6-2/h6H,2,5,7-9,14H2,1,3-4H3. The van der Waals surface area contributed by atoms with E-state index in [0.29, 0.717) is 23.8 Å². The molecule has 0 aliphatic heterocycles. The maximum absolute atomic E-state index is 12.3. The molecule has 1 amide bonds. The second-order valence-electron chi connectivity index (χ2n) is 4.26. The number of nitrogens with zero attached hydrogens (tertiary/aromatic N) is 3. The number of nitrogens with two attached hydrogens (primary N) is 1. The number of anilines is 2. The quantitative estimate of drug-likeness (QED) is 0.779. The van der Waals surface area contributed by atoms with Crippen molar-refractivity contribution in [1.29, 1.82) is 0 Å². The van der Waals surface area contributed by atoms with Crippen LogP contribution in [-0.4, -0.2) is 42.5 Å². The van der Waals surface area contributed by atoms with Gasteiger partial charge in [0, 0.05) is 26.7 Å². The van der Waals surface area contributed by atoms with Crippen molar-refractivity contribution in [2.75, 3.05) is 37.3 Å². The van der Waals surface area contributed by atoms with Gasteiger partial charge in [0.05, 0.1) is 0 Å². The Morgan fingerprint density at radius 1 is 1.53 bits per heavy atom. The minimum atomic E-state index is -0.0754. The monoisotopic (exact) mass is 282 g/mol. The lowest BCUT2D eigenvalue weighted by Crippen LogP contribution is -2.30. The van der Waals surface area contributed by atoms with Crippen LogP contribution in [0.4, 0.5) is 10.9 Å². The highest BCUT2D eigenvalue weighted by Gasteiger charge is 2.21. The van der Waals surface area contributed by atoms with Crippen LogP contribution >= 0.6 is 11.3 Å². The number of carbonyl (C=O) groups excluding carboxylic acids is 1. The van der Waals surface area contributed by atoms with E-state index < -0.39 is 0 Å². The maximum Gasteiger partial charge on any atom is 0.268 e. The Labute approximate surface area is 118 Å². The largest absolute Gasteiger partial charge is 0.382 e. The molecule has 1 aromatic heterocycles. The van der Waals surface area contributed by atoms with Crippen molar-refractivity contribution in [1.82, 2.24) is 9.88 Å². The van der Waals surface area contributed by atoms with Gasteiger partial charge in [0.25, 0.3) is 5.91 Å². The predicted octanol–water partition coefficient (Wildman–Crippen LogP) is 2.22. The molecule has 1 rings (SSSR count). The summed E-state index contributed by atoms with van der Waals surface area (Å²) >= 11 is 1.35. The topological polar surface area (TPSA) is 62.5 Å². The van der Waals surface area contributed by atoms with E-state index in [1.165, 1.54) is 11.3 Å². The molecular formula is C13H22N4OS. The Balaban J connectivity index is 2.94. The molecule has 1 heterocycles. The van der Waals surface area contributed by atoms with Crippen LogP contribution in [0.1, 0.15) is 29.9 Å². The van der Waals surface area contributed by atoms with Crippen molar-refractivity contribution in [2.24, 2.45) is 0 Å². The van der Waals surface area contributed by atoms with Gasteiger partial charge >= 0.3 is 0 Å². The predicted molar refractivity (Wildman–Crippen MR) is 81.9 cm³/mol. The molecule has 0 radical (unpaired) electrons. The lowest BCUT2D eigenvalue weighted by Gasteiger charge is -2.17. The molecule has 0 unspecified atom stereocenters. The summed E-state index contributed by atoms with van der Waals surface area (Å²) in [6.45, 7) is 9.73. The van der Waals surface area contributed by atoms with E-state index in [0.717, 1.165) is 18.1 Å². The average Bonchev–Trinajstić information content (AvgIpc) is 2.77. The highest BCUT2D eigenvalue weighted by molar-refractivity contribution is 7.18. The molecule has 0 fully saturated rings. The lowest BCUT2D eigenvalue weighted by atomic mass is 10.4. The maximum atomic E-state index is 12.3. The average molecular weight is 282 g/mol. The number of rotatable bonds is 7. The van der Waals surface area contributed by atoms with Crippen LogP contribution in [0, 0.1) is 0 Å². The summed E-state index contributed by atoms with van der Waals surface area (Å²) in [5.41, 5.74) is 5.86. The second kappa shape index (κ2) is 7.13. The molecule has 106 valence electrons. The number of carbonyl (C=O) groups is 1. The fraction of sp³-hybridized carbons (Fsp3) is 0.538. The molecule has 0 aliphatic carbocycles. The molecule has 0 aromatic carbocycles. The van der Waals surface area contributed by atoms with E-state index >= 15 is 0 Å². The number of likely N-dealkylation sites (N-methyl/N-ethyl adjacent to an activating group) is 1. The Bertz CT molecular complexity index is 444.